The molecule has 2 atom stereocenters. The van der Waals surface area contributed by atoms with E-state index >= 15 is 0 Å². The minimum absolute atomic E-state index is 0.103. The van der Waals surface area contributed by atoms with E-state index in [1.165, 1.54) is 0 Å². The van der Waals surface area contributed by atoms with Gasteiger partial charge in [-0.15, -0.1) is 10.2 Å². The van der Waals surface area contributed by atoms with Gasteiger partial charge in [0.25, 0.3) is 0 Å². The van der Waals surface area contributed by atoms with Crippen molar-refractivity contribution in [2.45, 2.75) is 52.4 Å². The zero-order chi connectivity index (χ0) is 22.3. The first-order valence-electron chi connectivity index (χ1n) is 10.9. The van der Waals surface area contributed by atoms with Crippen LogP contribution in [0.5, 0.6) is 0 Å². The van der Waals surface area contributed by atoms with Gasteiger partial charge in [-0.05, 0) is 51.7 Å². The largest absolute Gasteiger partial charge is 0.444 e. The van der Waals surface area contributed by atoms with Gasteiger partial charge in [0.05, 0.1) is 6.61 Å². The van der Waals surface area contributed by atoms with Gasteiger partial charge in [0.1, 0.15) is 18.0 Å². The molecule has 1 N–H and O–H groups in total. The molecular weight excluding hydrogens is 396 g/mol. The van der Waals surface area contributed by atoms with Gasteiger partial charge in [-0.2, -0.15) is 0 Å². The number of nitrogens with zero attached hydrogens (tertiary/aromatic N) is 5. The van der Waals surface area contributed by atoms with E-state index in [1.54, 1.807) is 12.5 Å². The number of aryl methyl sites for hydroxylation is 1. The monoisotopic (exact) mass is 430 g/mol. The maximum Gasteiger partial charge on any atom is 0.407 e. The molecule has 0 aromatic carbocycles. The molecule has 1 saturated heterocycles. The van der Waals surface area contributed by atoms with Crippen LogP contribution in [0.2, 0.25) is 0 Å². The van der Waals surface area contributed by atoms with Crippen molar-refractivity contribution in [2.24, 2.45) is 5.92 Å². The first-order chi connectivity index (χ1) is 14.8. The third kappa shape index (κ3) is 7.29. The van der Waals surface area contributed by atoms with Gasteiger partial charge >= 0.3 is 6.09 Å². The van der Waals surface area contributed by atoms with Crippen molar-refractivity contribution >= 4 is 6.09 Å². The molecule has 1 amide bonds. The van der Waals surface area contributed by atoms with Gasteiger partial charge in [0, 0.05) is 45.1 Å². The van der Waals surface area contributed by atoms with Gasteiger partial charge in [-0.3, -0.25) is 9.88 Å². The van der Waals surface area contributed by atoms with E-state index in [9.17, 15) is 4.79 Å². The number of carbonyl (C=O) groups excluding carboxylic acids is 1. The van der Waals surface area contributed by atoms with Crippen LogP contribution in [0.15, 0.2) is 30.9 Å². The molecular formula is C22H34N6O3. The van der Waals surface area contributed by atoms with E-state index in [-0.39, 0.29) is 18.1 Å². The van der Waals surface area contributed by atoms with E-state index < -0.39 is 5.60 Å². The summed E-state index contributed by atoms with van der Waals surface area (Å²) in [5.41, 5.74) is 0.629. The van der Waals surface area contributed by atoms with Crippen LogP contribution >= 0.6 is 0 Å². The zero-order valence-electron chi connectivity index (χ0n) is 19.0. The number of pyridine rings is 1. The molecule has 0 unspecified atom stereocenters. The van der Waals surface area contributed by atoms with Gasteiger partial charge in [-0.1, -0.05) is 6.07 Å². The zero-order valence-corrected chi connectivity index (χ0v) is 19.0. The number of nitrogens with one attached hydrogen (secondary N) is 1. The van der Waals surface area contributed by atoms with Gasteiger partial charge in [0.2, 0.25) is 0 Å². The molecule has 9 nitrogen and oxygen atoms in total. The van der Waals surface area contributed by atoms with Crippen molar-refractivity contribution in [1.82, 2.24) is 30.0 Å². The topological polar surface area (TPSA) is 94.4 Å². The number of hydrogen-bond donors (Lipinski definition) is 1. The second-order valence-corrected chi connectivity index (χ2v) is 8.91. The average molecular weight is 431 g/mol. The van der Waals surface area contributed by atoms with Crippen LogP contribution in [0.3, 0.4) is 0 Å². The summed E-state index contributed by atoms with van der Waals surface area (Å²) >= 11 is 0. The Morgan fingerprint density at radius 1 is 1.42 bits per heavy atom. The lowest BCUT2D eigenvalue weighted by Gasteiger charge is -2.35. The van der Waals surface area contributed by atoms with E-state index in [1.807, 2.05) is 37.6 Å². The highest BCUT2D eigenvalue weighted by atomic mass is 16.6. The summed E-state index contributed by atoms with van der Waals surface area (Å²) in [6, 6.07) is 4.01. The van der Waals surface area contributed by atoms with Gasteiger partial charge < -0.3 is 19.4 Å². The molecule has 3 heterocycles. The van der Waals surface area contributed by atoms with Crippen molar-refractivity contribution in [3.63, 3.8) is 0 Å². The molecule has 1 fully saturated rings. The van der Waals surface area contributed by atoms with E-state index in [0.29, 0.717) is 13.2 Å². The normalized spacial score (nSPS) is 18.5. The van der Waals surface area contributed by atoms with Crippen LogP contribution in [0.25, 0.3) is 0 Å². The first-order valence-corrected chi connectivity index (χ1v) is 10.9. The predicted octanol–water partition coefficient (Wildman–Crippen LogP) is 2.45. The Morgan fingerprint density at radius 3 is 2.97 bits per heavy atom. The van der Waals surface area contributed by atoms with Crippen molar-refractivity contribution in [2.75, 3.05) is 32.8 Å². The highest BCUT2D eigenvalue weighted by molar-refractivity contribution is 5.67. The quantitative estimate of drug-likeness (QED) is 0.687. The third-order valence-electron chi connectivity index (χ3n) is 5.12. The molecule has 9 heteroatoms. The number of amides is 1. The van der Waals surface area contributed by atoms with Crippen LogP contribution in [0.1, 0.15) is 45.2 Å². The SMILES string of the molecule is CCn1cnnc1[C@H]1CN(C[C@H](CNC(=O)OC(C)(C)C)Cc2cccnc2)CCO1. The third-order valence-corrected chi connectivity index (χ3v) is 5.12. The molecule has 2 aromatic heterocycles. The molecule has 1 aliphatic heterocycles. The lowest BCUT2D eigenvalue weighted by atomic mass is 9.99. The number of carbonyl (C=O) groups is 1. The number of ether oxygens (including phenoxy) is 2. The second kappa shape index (κ2) is 10.7. The van der Waals surface area contributed by atoms with Crippen molar-refractivity contribution in [3.05, 3.63) is 42.2 Å². The number of hydrogen-bond acceptors (Lipinski definition) is 7. The van der Waals surface area contributed by atoms with Crippen molar-refractivity contribution < 1.29 is 14.3 Å². The average Bonchev–Trinajstić information content (AvgIpc) is 3.21. The molecule has 0 spiro atoms. The Hall–Kier alpha value is -2.52. The number of morpholine rings is 1. The standard InChI is InChI=1S/C22H34N6O3/c1-5-28-16-25-26-20(28)19-15-27(9-10-30-19)14-18(11-17-7-6-8-23-12-17)13-24-21(29)31-22(2,3)4/h6-8,12,16,18-19H,5,9-11,13-15H2,1-4H3,(H,24,29)/t18-,19+/m0/s1. The molecule has 0 aliphatic carbocycles. The molecule has 0 bridgehead atoms. The van der Waals surface area contributed by atoms with Crippen LogP contribution in [-0.2, 0) is 22.4 Å². The van der Waals surface area contributed by atoms with Crippen molar-refractivity contribution in [1.29, 1.82) is 0 Å². The predicted molar refractivity (Wildman–Crippen MR) is 116 cm³/mol. The van der Waals surface area contributed by atoms with E-state index in [2.05, 4.69) is 38.4 Å². The number of aromatic nitrogens is 4. The van der Waals surface area contributed by atoms with Crippen LogP contribution in [0, 0.1) is 5.92 Å². The van der Waals surface area contributed by atoms with Crippen LogP contribution in [-0.4, -0.2) is 69.1 Å². The van der Waals surface area contributed by atoms with Gasteiger partial charge in [-0.25, -0.2) is 4.79 Å². The Bertz CT molecular complexity index is 820. The fraction of sp³-hybridized carbons (Fsp3) is 0.636. The van der Waals surface area contributed by atoms with E-state index in [4.69, 9.17) is 9.47 Å². The summed E-state index contributed by atoms with van der Waals surface area (Å²) < 4.78 is 13.4. The first kappa shape index (κ1) is 23.1. The summed E-state index contributed by atoms with van der Waals surface area (Å²) in [5, 5.41) is 11.2. The highest BCUT2D eigenvalue weighted by Crippen LogP contribution is 2.22. The maximum atomic E-state index is 12.2. The van der Waals surface area contributed by atoms with Crippen LogP contribution < -0.4 is 5.32 Å². The summed E-state index contributed by atoms with van der Waals surface area (Å²) in [6.45, 7) is 12.0. The fourth-order valence-corrected chi connectivity index (χ4v) is 3.74. The summed E-state index contributed by atoms with van der Waals surface area (Å²) in [7, 11) is 0. The number of rotatable bonds is 8. The molecule has 31 heavy (non-hydrogen) atoms. The maximum absolute atomic E-state index is 12.2. The molecule has 1 aliphatic rings. The van der Waals surface area contributed by atoms with Crippen LogP contribution in [0.4, 0.5) is 4.79 Å². The highest BCUT2D eigenvalue weighted by Gasteiger charge is 2.28. The van der Waals surface area contributed by atoms with Gasteiger partial charge in [0.15, 0.2) is 5.82 Å². The summed E-state index contributed by atoms with van der Waals surface area (Å²) in [6.07, 6.45) is 5.72. The minimum atomic E-state index is -0.518. The Kier molecular flexibility index (Phi) is 7.97. The molecule has 2 aromatic rings. The second-order valence-electron chi connectivity index (χ2n) is 8.91. The van der Waals surface area contributed by atoms with E-state index in [0.717, 1.165) is 44.0 Å². The molecule has 3 rings (SSSR count). The Labute approximate surface area is 184 Å². The molecule has 0 radical (unpaired) electrons. The Balaban J connectivity index is 1.63. The summed E-state index contributed by atoms with van der Waals surface area (Å²) in [5.74, 6) is 1.07. The van der Waals surface area contributed by atoms with Crippen molar-refractivity contribution in [3.8, 4) is 0 Å². The molecule has 0 saturated carbocycles. The lowest BCUT2D eigenvalue weighted by Crippen LogP contribution is -2.44. The minimum Gasteiger partial charge on any atom is -0.444 e. The smallest absolute Gasteiger partial charge is 0.407 e. The molecule has 170 valence electrons. The summed E-state index contributed by atoms with van der Waals surface area (Å²) in [4.78, 5) is 18.8. The Morgan fingerprint density at radius 2 is 2.26 bits per heavy atom. The fourth-order valence-electron chi connectivity index (χ4n) is 3.74. The lowest BCUT2D eigenvalue weighted by molar-refractivity contribution is -0.0403. The number of alkyl carbamates (subject to hydrolysis) is 1.